The molecule has 1 atom stereocenters. The maximum absolute atomic E-state index is 13.3. The molecule has 2 N–H and O–H groups in total. The van der Waals surface area contributed by atoms with E-state index in [2.05, 4.69) is 15.0 Å². The average Bonchev–Trinajstić information content (AvgIpc) is 3.32. The van der Waals surface area contributed by atoms with Crippen LogP contribution >= 0.6 is 11.3 Å². The molecule has 29 heavy (non-hydrogen) atoms. The summed E-state index contributed by atoms with van der Waals surface area (Å²) in [5, 5.41) is 4.78. The second-order valence-electron chi connectivity index (χ2n) is 6.33. The van der Waals surface area contributed by atoms with Crippen molar-refractivity contribution in [1.82, 2.24) is 10.0 Å². The lowest BCUT2D eigenvalue weighted by Crippen LogP contribution is -2.31. The van der Waals surface area contributed by atoms with Crippen molar-refractivity contribution in [3.05, 3.63) is 87.9 Å². The molecule has 0 bridgehead atoms. The molecule has 1 aliphatic heterocycles. The highest BCUT2D eigenvalue weighted by atomic mass is 32.2. The van der Waals surface area contributed by atoms with Gasteiger partial charge in [0.15, 0.2) is 0 Å². The molecule has 2 heterocycles. The number of carbonyl (C=O) groups is 1. The van der Waals surface area contributed by atoms with E-state index in [1.165, 1.54) is 29.5 Å². The number of nitrogens with one attached hydrogen (secondary N) is 2. The molecule has 0 spiro atoms. The number of amides is 1. The number of rotatable bonds is 5. The normalized spacial score (nSPS) is 16.8. The van der Waals surface area contributed by atoms with E-state index in [0.717, 1.165) is 10.4 Å². The van der Waals surface area contributed by atoms with Gasteiger partial charge in [0.05, 0.1) is 10.9 Å². The van der Waals surface area contributed by atoms with Crippen LogP contribution in [0.4, 0.5) is 4.39 Å². The van der Waals surface area contributed by atoms with Crippen LogP contribution in [-0.2, 0) is 14.8 Å². The number of halogens is 1. The molecule has 1 aromatic heterocycles. The van der Waals surface area contributed by atoms with Gasteiger partial charge in [0.1, 0.15) is 18.2 Å². The fraction of sp³-hybridized carbons (Fsp3) is 0.100. The van der Waals surface area contributed by atoms with Gasteiger partial charge in [-0.3, -0.25) is 14.5 Å². The zero-order valence-corrected chi connectivity index (χ0v) is 16.6. The molecule has 0 saturated carbocycles. The van der Waals surface area contributed by atoms with Crippen molar-refractivity contribution in [1.29, 1.82) is 0 Å². The highest BCUT2D eigenvalue weighted by molar-refractivity contribution is 7.90. The molecule has 2 aromatic carbocycles. The second-order valence-corrected chi connectivity index (χ2v) is 8.96. The standard InChI is InChI=1S/C20H16FN3O3S2/c21-14-9-7-13(8-10-14)19(16-5-3-11-28-16)23-18(25)12-22-20-15-4-1-2-6-17(15)29(26,27)24-20/h1-11,19H,12H2,(H,22,24)(H,23,25)/t19-/m1/s1. The van der Waals surface area contributed by atoms with Crippen molar-refractivity contribution in [3.63, 3.8) is 0 Å². The van der Waals surface area contributed by atoms with Gasteiger partial charge >= 0.3 is 0 Å². The fourth-order valence-corrected chi connectivity index (χ4v) is 5.09. The molecule has 0 aliphatic carbocycles. The number of amidine groups is 1. The van der Waals surface area contributed by atoms with Crippen molar-refractivity contribution >= 4 is 33.1 Å². The van der Waals surface area contributed by atoms with Gasteiger partial charge < -0.3 is 5.32 Å². The second kappa shape index (κ2) is 7.76. The highest BCUT2D eigenvalue weighted by Crippen LogP contribution is 2.26. The average molecular weight is 429 g/mol. The van der Waals surface area contributed by atoms with Crippen LogP contribution in [0.25, 0.3) is 0 Å². The van der Waals surface area contributed by atoms with Crippen molar-refractivity contribution in [2.24, 2.45) is 4.99 Å². The lowest BCUT2D eigenvalue weighted by Gasteiger charge is -2.17. The SMILES string of the molecule is O=C(CN=C1NS(=O)(=O)c2ccccc21)N[C@H](c1ccc(F)cc1)c1cccs1. The summed E-state index contributed by atoms with van der Waals surface area (Å²) in [5.41, 5.74) is 1.18. The number of nitrogens with zero attached hydrogens (tertiary/aromatic N) is 1. The summed E-state index contributed by atoms with van der Waals surface area (Å²) in [6, 6.07) is 15.7. The van der Waals surface area contributed by atoms with Gasteiger partial charge in [-0.2, -0.15) is 0 Å². The molecule has 4 rings (SSSR count). The van der Waals surface area contributed by atoms with E-state index in [9.17, 15) is 17.6 Å². The molecular weight excluding hydrogens is 413 g/mol. The van der Waals surface area contributed by atoms with Crippen LogP contribution in [0.5, 0.6) is 0 Å². The summed E-state index contributed by atoms with van der Waals surface area (Å²) in [4.78, 5) is 17.7. The number of hydrogen-bond donors (Lipinski definition) is 2. The predicted octanol–water partition coefficient (Wildman–Crippen LogP) is 2.83. The number of hydrogen-bond acceptors (Lipinski definition) is 5. The van der Waals surface area contributed by atoms with Gasteiger partial charge in [0.25, 0.3) is 10.0 Å². The summed E-state index contributed by atoms with van der Waals surface area (Å²) >= 11 is 1.47. The number of benzene rings is 2. The van der Waals surface area contributed by atoms with Gasteiger partial charge in [-0.1, -0.05) is 30.3 Å². The molecule has 0 saturated heterocycles. The molecule has 0 radical (unpaired) electrons. The lowest BCUT2D eigenvalue weighted by atomic mass is 10.1. The first-order chi connectivity index (χ1) is 13.9. The molecule has 6 nitrogen and oxygen atoms in total. The number of sulfonamides is 1. The Morgan fingerprint density at radius 3 is 2.59 bits per heavy atom. The van der Waals surface area contributed by atoms with Crippen molar-refractivity contribution < 1.29 is 17.6 Å². The Kier molecular flexibility index (Phi) is 5.16. The maximum atomic E-state index is 13.3. The van der Waals surface area contributed by atoms with Crippen LogP contribution in [0.3, 0.4) is 0 Å². The highest BCUT2D eigenvalue weighted by Gasteiger charge is 2.30. The molecule has 0 unspecified atom stereocenters. The summed E-state index contributed by atoms with van der Waals surface area (Å²) in [5.74, 6) is -0.599. The first-order valence-electron chi connectivity index (χ1n) is 8.69. The molecular formula is C20H16FN3O3S2. The Balaban J connectivity index is 1.54. The zero-order chi connectivity index (χ0) is 20.4. The lowest BCUT2D eigenvalue weighted by molar-refractivity contribution is -0.120. The van der Waals surface area contributed by atoms with Crippen molar-refractivity contribution in [3.8, 4) is 0 Å². The predicted molar refractivity (Wildman–Crippen MR) is 109 cm³/mol. The van der Waals surface area contributed by atoms with Gasteiger partial charge in [-0.25, -0.2) is 12.8 Å². The first kappa shape index (κ1) is 19.3. The van der Waals surface area contributed by atoms with Gasteiger partial charge in [-0.15, -0.1) is 11.3 Å². The van der Waals surface area contributed by atoms with Gasteiger partial charge in [-0.05, 0) is 41.3 Å². The number of aliphatic imine (C=N–C) groups is 1. The molecule has 1 aliphatic rings. The summed E-state index contributed by atoms with van der Waals surface area (Å²) in [6.07, 6.45) is 0. The van der Waals surface area contributed by atoms with E-state index in [1.54, 1.807) is 30.3 Å². The van der Waals surface area contributed by atoms with Gasteiger partial charge in [0.2, 0.25) is 5.91 Å². The third-order valence-electron chi connectivity index (χ3n) is 4.38. The zero-order valence-electron chi connectivity index (χ0n) is 15.0. The molecule has 148 valence electrons. The minimum atomic E-state index is -3.65. The van der Waals surface area contributed by atoms with Crippen molar-refractivity contribution in [2.45, 2.75) is 10.9 Å². The maximum Gasteiger partial charge on any atom is 0.263 e. The third kappa shape index (κ3) is 4.06. The van der Waals surface area contributed by atoms with Crippen LogP contribution in [0.2, 0.25) is 0 Å². The van der Waals surface area contributed by atoms with Crippen LogP contribution in [0, 0.1) is 5.82 Å². The van der Waals surface area contributed by atoms with E-state index in [0.29, 0.717) is 5.56 Å². The summed E-state index contributed by atoms with van der Waals surface area (Å²) < 4.78 is 39.9. The van der Waals surface area contributed by atoms with E-state index in [1.807, 2.05) is 17.5 Å². The minimum absolute atomic E-state index is 0.141. The molecule has 3 aromatic rings. The number of fused-ring (bicyclic) bond motifs is 1. The van der Waals surface area contributed by atoms with E-state index >= 15 is 0 Å². The quantitative estimate of drug-likeness (QED) is 0.654. The smallest absolute Gasteiger partial charge is 0.263 e. The van der Waals surface area contributed by atoms with Crippen LogP contribution in [-0.4, -0.2) is 26.7 Å². The Labute approximate surface area is 171 Å². The van der Waals surface area contributed by atoms with E-state index < -0.39 is 16.1 Å². The summed E-state index contributed by atoms with van der Waals surface area (Å²) in [6.45, 7) is -0.255. The Morgan fingerprint density at radius 1 is 1.10 bits per heavy atom. The van der Waals surface area contributed by atoms with Crippen LogP contribution < -0.4 is 10.0 Å². The topological polar surface area (TPSA) is 87.6 Å². The molecule has 1 amide bonds. The van der Waals surface area contributed by atoms with Crippen LogP contribution in [0.1, 0.15) is 22.0 Å². The Morgan fingerprint density at radius 2 is 1.86 bits per heavy atom. The monoisotopic (exact) mass is 429 g/mol. The number of carbonyl (C=O) groups excluding carboxylic acids is 1. The van der Waals surface area contributed by atoms with Crippen LogP contribution in [0.15, 0.2) is 75.9 Å². The number of thiophene rings is 1. The fourth-order valence-electron chi connectivity index (χ4n) is 3.04. The summed E-state index contributed by atoms with van der Waals surface area (Å²) in [7, 11) is -3.65. The van der Waals surface area contributed by atoms with Crippen molar-refractivity contribution in [2.75, 3.05) is 6.54 Å². The van der Waals surface area contributed by atoms with E-state index in [4.69, 9.17) is 0 Å². The molecule has 9 heteroatoms. The minimum Gasteiger partial charge on any atom is -0.343 e. The first-order valence-corrected chi connectivity index (χ1v) is 11.1. The van der Waals surface area contributed by atoms with E-state index in [-0.39, 0.29) is 29.0 Å². The van der Waals surface area contributed by atoms with Gasteiger partial charge in [0, 0.05) is 10.4 Å². The largest absolute Gasteiger partial charge is 0.343 e. The Hall–Kier alpha value is -3.04. The Bertz CT molecular complexity index is 1170. The molecule has 0 fully saturated rings. The third-order valence-corrected chi connectivity index (χ3v) is 6.71.